The minimum atomic E-state index is -0.485. The average Bonchev–Trinajstić information content (AvgIpc) is 0.899. The molecule has 0 unspecified atom stereocenters. The van der Waals surface area contributed by atoms with Crippen LogP contribution in [-0.4, -0.2) is 101 Å². The Kier molecular flexibility index (Phi) is 38.2. The van der Waals surface area contributed by atoms with Crippen LogP contribution in [0.2, 0.25) is 0 Å². The van der Waals surface area contributed by atoms with Gasteiger partial charge in [0.1, 0.15) is 23.0 Å². The van der Waals surface area contributed by atoms with Gasteiger partial charge in [-0.05, 0) is 249 Å². The molecule has 0 fully saturated rings. The predicted molar refractivity (Wildman–Crippen MR) is 392 cm³/mol. The van der Waals surface area contributed by atoms with Gasteiger partial charge in [0.05, 0.1) is 75.1 Å². The Morgan fingerprint density at radius 3 is 0.775 bits per heavy atom. The molecule has 6 aromatic carbocycles. The second-order valence-corrected chi connectivity index (χ2v) is 25.3. The summed E-state index contributed by atoms with van der Waals surface area (Å²) >= 11 is 0. The first-order valence-electron chi connectivity index (χ1n) is 36.2. The number of ether oxygens (including phenoxy) is 10. The zero-order valence-electron chi connectivity index (χ0n) is 59.7. The molecule has 0 radical (unpaired) electrons. The van der Waals surface area contributed by atoms with Crippen LogP contribution in [0.25, 0.3) is 22.3 Å². The molecule has 0 aliphatic heterocycles. The first kappa shape index (κ1) is 81.1. The summed E-state index contributed by atoms with van der Waals surface area (Å²) in [5.41, 5.74) is 6.06. The highest BCUT2D eigenvalue weighted by Crippen LogP contribution is 2.27. The second-order valence-electron chi connectivity index (χ2n) is 25.3. The largest absolute Gasteiger partial charge is 0.494 e. The Morgan fingerprint density at radius 2 is 0.471 bits per heavy atom. The third-order valence-electron chi connectivity index (χ3n) is 16.6. The molecule has 18 heteroatoms. The summed E-state index contributed by atoms with van der Waals surface area (Å²) in [6, 6.07) is 42.2. The lowest BCUT2D eigenvalue weighted by atomic mass is 10.0. The smallest absolute Gasteiger partial charge is 0.343 e. The molecule has 0 amide bonds. The Labute approximate surface area is 601 Å². The summed E-state index contributed by atoms with van der Waals surface area (Å²) in [6.45, 7) is 13.6. The molecule has 6 rings (SSSR count). The molecule has 0 N–H and O–H groups in total. The van der Waals surface area contributed by atoms with Crippen molar-refractivity contribution in [2.24, 2.45) is 0 Å². The number of unbranched alkanes of at least 4 members (excludes halogenated alkanes) is 19. The molecule has 102 heavy (non-hydrogen) atoms. The minimum Gasteiger partial charge on any atom is -0.494 e. The van der Waals surface area contributed by atoms with Gasteiger partial charge < -0.3 is 47.4 Å². The quantitative estimate of drug-likeness (QED) is 0.0114. The lowest BCUT2D eigenvalue weighted by Gasteiger charge is -2.09. The molecule has 0 heterocycles. The van der Waals surface area contributed by atoms with E-state index >= 15 is 0 Å². The van der Waals surface area contributed by atoms with Gasteiger partial charge in [-0.1, -0.05) is 100 Å². The molecule has 6 aromatic rings. The van der Waals surface area contributed by atoms with Crippen molar-refractivity contribution in [1.82, 2.24) is 0 Å². The van der Waals surface area contributed by atoms with E-state index in [0.717, 1.165) is 164 Å². The van der Waals surface area contributed by atoms with Crippen LogP contribution in [0.1, 0.15) is 222 Å². The van der Waals surface area contributed by atoms with Crippen LogP contribution in [0.5, 0.6) is 23.0 Å². The van der Waals surface area contributed by atoms with Crippen LogP contribution in [0.15, 0.2) is 170 Å². The molecule has 0 saturated carbocycles. The molecule has 546 valence electrons. The number of hydrogen-bond acceptors (Lipinski definition) is 18. The first-order valence-corrected chi connectivity index (χ1v) is 36.2. The summed E-state index contributed by atoms with van der Waals surface area (Å²) in [5, 5.41) is 0. The zero-order valence-corrected chi connectivity index (χ0v) is 59.7. The molecular formula is C84H102O18. The summed E-state index contributed by atoms with van der Waals surface area (Å²) in [7, 11) is 0. The van der Waals surface area contributed by atoms with Crippen LogP contribution < -0.4 is 18.9 Å². The van der Waals surface area contributed by atoms with Gasteiger partial charge in [-0.2, -0.15) is 0 Å². The van der Waals surface area contributed by atoms with Crippen molar-refractivity contribution < 1.29 is 85.7 Å². The molecule has 18 nitrogen and oxygen atoms in total. The van der Waals surface area contributed by atoms with E-state index in [9.17, 15) is 38.4 Å². The molecular weight excluding hydrogens is 1300 g/mol. The highest BCUT2D eigenvalue weighted by Gasteiger charge is 2.15. The van der Waals surface area contributed by atoms with Crippen LogP contribution in [0.3, 0.4) is 0 Å². The third-order valence-corrected chi connectivity index (χ3v) is 16.6. The second kappa shape index (κ2) is 48.1. The van der Waals surface area contributed by atoms with Gasteiger partial charge >= 0.3 is 47.8 Å². The minimum absolute atomic E-state index is 0.167. The van der Waals surface area contributed by atoms with E-state index < -0.39 is 23.9 Å². The van der Waals surface area contributed by atoms with Crippen LogP contribution in [0, 0.1) is 0 Å². The maximum absolute atomic E-state index is 12.8. The van der Waals surface area contributed by atoms with Gasteiger partial charge in [-0.15, -0.1) is 0 Å². The standard InChI is InChI=1S/C84H102O18/c1-63(2)79(87)97-59-25-15-11-21-55-93-73-47-43-71(44-48-73)83(91)101-75-51-39-67(40-52-75)65-31-35-69(36-32-65)81(89)99-61-27-17-13-23-57-95-77(85)29-19-9-7-5-6-8-10-20-30-78(86)96-58-24-14-18-28-62-100-82(90)70-37-33-66(34-38-70)68-41-53-76(54-42-68)102-84(92)72-45-49-74(50-46-72)94-56-22-12-16-26-60-98-80(88)64(3)4/h31-54H,1,3,5-30,55-62H2,2,4H3. The van der Waals surface area contributed by atoms with Crippen molar-refractivity contribution >= 4 is 47.8 Å². The lowest BCUT2D eigenvalue weighted by molar-refractivity contribution is -0.144. The van der Waals surface area contributed by atoms with Crippen molar-refractivity contribution in [3.63, 3.8) is 0 Å². The van der Waals surface area contributed by atoms with Gasteiger partial charge in [-0.25, -0.2) is 28.8 Å². The summed E-state index contributed by atoms with van der Waals surface area (Å²) in [6.07, 6.45) is 22.0. The molecule has 0 aliphatic rings. The van der Waals surface area contributed by atoms with Crippen LogP contribution in [-0.2, 0) is 47.6 Å². The van der Waals surface area contributed by atoms with Crippen molar-refractivity contribution in [1.29, 1.82) is 0 Å². The number of esters is 8. The fourth-order valence-electron chi connectivity index (χ4n) is 10.5. The molecule has 0 bridgehead atoms. The highest BCUT2D eigenvalue weighted by atomic mass is 16.6. The first-order chi connectivity index (χ1) is 49.6. The number of carbonyl (C=O) groups is 8. The van der Waals surface area contributed by atoms with E-state index in [1.54, 1.807) is 111 Å². The van der Waals surface area contributed by atoms with E-state index in [1.165, 1.54) is 0 Å². The SMILES string of the molecule is C=C(C)C(=O)OCCCCCCOc1ccc(C(=O)Oc2ccc(-c3ccc(C(=O)OCCCCCCOC(=O)CCCCCCCCCCC(=O)OCCCCCCOC(=O)c4ccc(-c5ccc(OC(=O)c6ccc(OCCCCCCOC(=O)C(=C)C)cc6)cc5)cc4)cc3)cc2)cc1. The van der Waals surface area contributed by atoms with Crippen LogP contribution in [0.4, 0.5) is 0 Å². The number of carbonyl (C=O) groups excluding carboxylic acids is 8. The zero-order chi connectivity index (χ0) is 72.8. The van der Waals surface area contributed by atoms with Crippen molar-refractivity contribution in [2.45, 2.75) is 181 Å². The monoisotopic (exact) mass is 1400 g/mol. The lowest BCUT2D eigenvalue weighted by Crippen LogP contribution is -2.08. The summed E-state index contributed by atoms with van der Waals surface area (Å²) in [4.78, 5) is 98.5. The average molecular weight is 1400 g/mol. The van der Waals surface area contributed by atoms with E-state index in [-0.39, 0.29) is 23.9 Å². The Bertz CT molecular complexity index is 3290. The van der Waals surface area contributed by atoms with E-state index in [1.807, 2.05) is 48.5 Å². The van der Waals surface area contributed by atoms with Gasteiger partial charge in [0.15, 0.2) is 0 Å². The fourth-order valence-corrected chi connectivity index (χ4v) is 10.5. The maximum atomic E-state index is 12.8. The number of hydrogen-bond donors (Lipinski definition) is 0. The molecule has 0 spiro atoms. The molecule has 0 aliphatic carbocycles. The Hall–Kier alpha value is -9.84. The van der Waals surface area contributed by atoms with Gasteiger partial charge in [0.25, 0.3) is 0 Å². The fraction of sp³-hybridized carbons (Fsp3) is 0.429. The highest BCUT2D eigenvalue weighted by molar-refractivity contribution is 5.93. The van der Waals surface area contributed by atoms with E-state index in [2.05, 4.69) is 13.2 Å². The Balaban J connectivity index is 0.669. The number of benzene rings is 6. The van der Waals surface area contributed by atoms with Crippen LogP contribution >= 0.6 is 0 Å². The van der Waals surface area contributed by atoms with Gasteiger partial charge in [0, 0.05) is 24.0 Å². The maximum Gasteiger partial charge on any atom is 0.343 e. The summed E-state index contributed by atoms with van der Waals surface area (Å²) in [5.74, 6) is -0.689. The third kappa shape index (κ3) is 33.1. The van der Waals surface area contributed by atoms with Crippen molar-refractivity contribution in [2.75, 3.05) is 52.9 Å². The topological polar surface area (TPSA) is 229 Å². The van der Waals surface area contributed by atoms with E-state index in [4.69, 9.17) is 47.4 Å². The van der Waals surface area contributed by atoms with Crippen molar-refractivity contribution in [3.05, 3.63) is 192 Å². The van der Waals surface area contributed by atoms with Gasteiger partial charge in [-0.3, -0.25) is 9.59 Å². The van der Waals surface area contributed by atoms with Gasteiger partial charge in [0.2, 0.25) is 0 Å². The predicted octanol–water partition coefficient (Wildman–Crippen LogP) is 18.7. The Morgan fingerprint density at radius 1 is 0.245 bits per heavy atom. The summed E-state index contributed by atoms with van der Waals surface area (Å²) < 4.78 is 54.9. The number of rotatable bonds is 51. The van der Waals surface area contributed by atoms with E-state index in [0.29, 0.717) is 135 Å². The molecule has 0 saturated heterocycles. The molecule has 0 atom stereocenters. The molecule has 0 aromatic heterocycles. The van der Waals surface area contributed by atoms with Crippen molar-refractivity contribution in [3.8, 4) is 45.3 Å². The normalized spacial score (nSPS) is 10.8.